The third-order valence-electron chi connectivity index (χ3n) is 4.20. The monoisotopic (exact) mass is 397 g/mol. The van der Waals surface area contributed by atoms with Crippen LogP contribution in [0.2, 0.25) is 0 Å². The van der Waals surface area contributed by atoms with E-state index in [1.165, 1.54) is 0 Å². The lowest BCUT2D eigenvalue weighted by Crippen LogP contribution is -2.40. The molecule has 2 rings (SSSR count). The van der Waals surface area contributed by atoms with Crippen molar-refractivity contribution in [1.82, 2.24) is 10.2 Å². The molecule has 4 nitrogen and oxygen atoms in total. The van der Waals surface area contributed by atoms with Gasteiger partial charge in [-0.3, -0.25) is 4.79 Å². The number of likely N-dealkylation sites (N-methyl/N-ethyl adjacent to an activating group) is 1. The van der Waals surface area contributed by atoms with E-state index in [0.717, 1.165) is 17.7 Å². The zero-order valence-electron chi connectivity index (χ0n) is 15.5. The van der Waals surface area contributed by atoms with Gasteiger partial charge in [-0.15, -0.1) is 24.8 Å². The molecule has 0 heterocycles. The number of carbonyl (C=O) groups excluding carboxylic acids is 1. The summed E-state index contributed by atoms with van der Waals surface area (Å²) in [5.41, 5.74) is 8.36. The number of benzene rings is 2. The minimum Gasteiger partial charge on any atom is -0.348 e. The van der Waals surface area contributed by atoms with Crippen molar-refractivity contribution in [3.63, 3.8) is 0 Å². The lowest BCUT2D eigenvalue weighted by Gasteiger charge is -2.26. The number of hydrogen-bond acceptors (Lipinski definition) is 3. The van der Waals surface area contributed by atoms with E-state index in [0.29, 0.717) is 0 Å². The molecular formula is C20H29Cl2N3O. The Bertz CT molecular complexity index is 638. The van der Waals surface area contributed by atoms with Crippen LogP contribution in [-0.2, 0) is 4.79 Å². The largest absolute Gasteiger partial charge is 0.348 e. The molecule has 3 unspecified atom stereocenters. The zero-order chi connectivity index (χ0) is 17.5. The molecule has 3 atom stereocenters. The Balaban J connectivity index is 0.00000312. The normalized spacial score (nSPS) is 13.7. The first-order valence-corrected chi connectivity index (χ1v) is 8.29. The first-order valence-electron chi connectivity index (χ1n) is 8.29. The molecular weight excluding hydrogens is 369 g/mol. The molecule has 0 bridgehead atoms. The maximum atomic E-state index is 12.7. The smallest absolute Gasteiger partial charge is 0.225 e. The summed E-state index contributed by atoms with van der Waals surface area (Å²) in [6.07, 6.45) is 0. The molecule has 0 fully saturated rings. The Hall–Kier alpha value is -1.59. The van der Waals surface area contributed by atoms with Crippen LogP contribution in [0.1, 0.15) is 30.1 Å². The molecule has 6 heteroatoms. The van der Waals surface area contributed by atoms with Crippen LogP contribution in [0, 0.1) is 5.92 Å². The van der Waals surface area contributed by atoms with Gasteiger partial charge in [-0.05, 0) is 25.2 Å². The van der Waals surface area contributed by atoms with E-state index in [2.05, 4.69) is 10.2 Å². The second kappa shape index (κ2) is 11.9. The Kier molecular flexibility index (Phi) is 11.2. The third-order valence-corrected chi connectivity index (χ3v) is 4.20. The molecule has 0 aliphatic rings. The quantitative estimate of drug-likeness (QED) is 0.750. The SMILES string of the molecule is CC(C(=O)NC(CN(C)C)c1ccccc1)C(N)c1ccccc1.Cl.Cl. The predicted molar refractivity (Wildman–Crippen MR) is 113 cm³/mol. The van der Waals surface area contributed by atoms with Crippen molar-refractivity contribution in [3.05, 3.63) is 71.8 Å². The predicted octanol–water partition coefficient (Wildman–Crippen LogP) is 3.59. The van der Waals surface area contributed by atoms with Gasteiger partial charge in [-0.2, -0.15) is 0 Å². The highest BCUT2D eigenvalue weighted by molar-refractivity contribution is 5.85. The van der Waals surface area contributed by atoms with Crippen molar-refractivity contribution in [2.75, 3.05) is 20.6 Å². The topological polar surface area (TPSA) is 58.4 Å². The minimum atomic E-state index is -0.318. The van der Waals surface area contributed by atoms with E-state index >= 15 is 0 Å². The number of carbonyl (C=O) groups is 1. The molecule has 0 saturated heterocycles. The van der Waals surface area contributed by atoms with Gasteiger partial charge >= 0.3 is 0 Å². The molecule has 144 valence electrons. The molecule has 0 radical (unpaired) electrons. The fraction of sp³-hybridized carbons (Fsp3) is 0.350. The lowest BCUT2D eigenvalue weighted by molar-refractivity contribution is -0.126. The van der Waals surface area contributed by atoms with Crippen LogP contribution in [0.15, 0.2) is 60.7 Å². The first kappa shape index (κ1) is 24.4. The van der Waals surface area contributed by atoms with E-state index < -0.39 is 0 Å². The average Bonchev–Trinajstić information content (AvgIpc) is 2.61. The summed E-state index contributed by atoms with van der Waals surface area (Å²) >= 11 is 0. The van der Waals surface area contributed by atoms with Gasteiger partial charge in [-0.25, -0.2) is 0 Å². The van der Waals surface area contributed by atoms with Crippen molar-refractivity contribution in [3.8, 4) is 0 Å². The number of amides is 1. The highest BCUT2D eigenvalue weighted by Crippen LogP contribution is 2.21. The Labute approximate surface area is 169 Å². The van der Waals surface area contributed by atoms with Crippen LogP contribution in [0.4, 0.5) is 0 Å². The summed E-state index contributed by atoms with van der Waals surface area (Å²) in [5.74, 6) is -0.331. The standard InChI is InChI=1S/C20H27N3O.2ClH/c1-15(19(21)17-12-8-5-9-13-17)20(24)22-18(14-23(2)3)16-10-6-4-7-11-16;;/h4-13,15,18-19H,14,21H2,1-3H3,(H,22,24);2*1H. The number of hydrogen-bond donors (Lipinski definition) is 2. The number of nitrogens with one attached hydrogen (secondary N) is 1. The number of nitrogens with two attached hydrogens (primary N) is 1. The van der Waals surface area contributed by atoms with Crippen LogP contribution >= 0.6 is 24.8 Å². The summed E-state index contributed by atoms with van der Waals surface area (Å²) in [7, 11) is 4.00. The zero-order valence-corrected chi connectivity index (χ0v) is 17.1. The van der Waals surface area contributed by atoms with Crippen molar-refractivity contribution in [2.45, 2.75) is 19.0 Å². The molecule has 1 amide bonds. The van der Waals surface area contributed by atoms with Gasteiger partial charge in [0.1, 0.15) is 0 Å². The van der Waals surface area contributed by atoms with Gasteiger partial charge in [-0.1, -0.05) is 67.6 Å². The van der Waals surface area contributed by atoms with E-state index in [4.69, 9.17) is 5.73 Å². The van der Waals surface area contributed by atoms with Crippen LogP contribution in [0.3, 0.4) is 0 Å². The average molecular weight is 398 g/mol. The van der Waals surface area contributed by atoms with E-state index in [9.17, 15) is 4.79 Å². The van der Waals surface area contributed by atoms with Gasteiger partial charge in [0.25, 0.3) is 0 Å². The van der Waals surface area contributed by atoms with Gasteiger partial charge in [0, 0.05) is 12.6 Å². The third kappa shape index (κ3) is 6.96. The summed E-state index contributed by atoms with van der Waals surface area (Å²) in [6, 6.07) is 19.4. The summed E-state index contributed by atoms with van der Waals surface area (Å²) in [4.78, 5) is 14.8. The molecule has 2 aromatic rings. The minimum absolute atomic E-state index is 0. The summed E-state index contributed by atoms with van der Waals surface area (Å²) in [6.45, 7) is 2.62. The fourth-order valence-electron chi connectivity index (χ4n) is 2.72. The van der Waals surface area contributed by atoms with Crippen molar-refractivity contribution < 1.29 is 4.79 Å². The van der Waals surface area contributed by atoms with Crippen LogP contribution in [-0.4, -0.2) is 31.4 Å². The van der Waals surface area contributed by atoms with Crippen molar-refractivity contribution in [1.29, 1.82) is 0 Å². The van der Waals surface area contributed by atoms with Crippen LogP contribution < -0.4 is 11.1 Å². The molecule has 0 aliphatic carbocycles. The first-order chi connectivity index (χ1) is 11.5. The molecule has 26 heavy (non-hydrogen) atoms. The molecule has 0 saturated carbocycles. The Morgan fingerprint density at radius 1 is 0.962 bits per heavy atom. The molecule has 0 aromatic heterocycles. The molecule has 2 aromatic carbocycles. The Morgan fingerprint density at radius 2 is 1.42 bits per heavy atom. The maximum absolute atomic E-state index is 12.7. The number of nitrogens with zero attached hydrogens (tertiary/aromatic N) is 1. The molecule has 0 spiro atoms. The summed E-state index contributed by atoms with van der Waals surface area (Å²) in [5, 5.41) is 3.15. The van der Waals surface area contributed by atoms with Gasteiger partial charge in [0.2, 0.25) is 5.91 Å². The maximum Gasteiger partial charge on any atom is 0.225 e. The summed E-state index contributed by atoms with van der Waals surface area (Å²) < 4.78 is 0. The lowest BCUT2D eigenvalue weighted by atomic mass is 9.94. The van der Waals surface area contributed by atoms with Gasteiger partial charge in [0.15, 0.2) is 0 Å². The molecule has 0 aliphatic heterocycles. The second-order valence-electron chi connectivity index (χ2n) is 6.46. The number of halogens is 2. The van der Waals surface area contributed by atoms with Gasteiger partial charge < -0.3 is 16.0 Å². The van der Waals surface area contributed by atoms with Crippen LogP contribution in [0.25, 0.3) is 0 Å². The van der Waals surface area contributed by atoms with Gasteiger partial charge in [0.05, 0.1) is 12.0 Å². The Morgan fingerprint density at radius 3 is 1.88 bits per heavy atom. The van der Waals surface area contributed by atoms with Crippen molar-refractivity contribution >= 4 is 30.7 Å². The fourth-order valence-corrected chi connectivity index (χ4v) is 2.72. The highest BCUT2D eigenvalue weighted by Gasteiger charge is 2.25. The van der Waals surface area contributed by atoms with E-state index in [1.54, 1.807) is 0 Å². The van der Waals surface area contributed by atoms with Crippen molar-refractivity contribution in [2.24, 2.45) is 11.7 Å². The van der Waals surface area contributed by atoms with E-state index in [1.807, 2.05) is 81.7 Å². The highest BCUT2D eigenvalue weighted by atomic mass is 35.5. The second-order valence-corrected chi connectivity index (χ2v) is 6.46. The van der Waals surface area contributed by atoms with Crippen LogP contribution in [0.5, 0.6) is 0 Å². The van der Waals surface area contributed by atoms with E-state index in [-0.39, 0.29) is 48.7 Å². The number of rotatable bonds is 7. The molecule has 3 N–H and O–H groups in total.